The molecule has 0 saturated carbocycles. The second kappa shape index (κ2) is 10.7. The van der Waals surface area contributed by atoms with E-state index < -0.39 is 29.7 Å². The minimum absolute atomic E-state index is 0.143. The number of nitrogens with zero attached hydrogens (tertiary/aromatic N) is 3. The van der Waals surface area contributed by atoms with Crippen LogP contribution < -0.4 is 11.1 Å². The topological polar surface area (TPSA) is 109 Å². The van der Waals surface area contributed by atoms with E-state index in [1.807, 2.05) is 24.3 Å². The molecule has 1 fully saturated rings. The predicted molar refractivity (Wildman–Crippen MR) is 130 cm³/mol. The normalized spacial score (nSPS) is 15.2. The maximum Gasteiger partial charge on any atom is 0.264 e. The molecule has 8 nitrogen and oxygen atoms in total. The highest BCUT2D eigenvalue weighted by Crippen LogP contribution is 2.22. The number of amides is 3. The molecule has 1 atom stereocenters. The van der Waals surface area contributed by atoms with Crippen molar-refractivity contribution in [1.82, 2.24) is 20.1 Å². The van der Waals surface area contributed by atoms with Crippen LogP contribution in [0.2, 0.25) is 0 Å². The molecule has 0 spiro atoms. The first-order chi connectivity index (χ1) is 16.9. The summed E-state index contributed by atoms with van der Waals surface area (Å²) < 4.78 is 14.0. The maximum atomic E-state index is 13.4. The summed E-state index contributed by atoms with van der Waals surface area (Å²) in [5.41, 5.74) is 7.96. The quantitative estimate of drug-likeness (QED) is 0.500. The van der Waals surface area contributed by atoms with Crippen molar-refractivity contribution in [3.8, 4) is 0 Å². The summed E-state index contributed by atoms with van der Waals surface area (Å²) in [6, 6.07) is 14.1. The van der Waals surface area contributed by atoms with Gasteiger partial charge in [-0.15, -0.1) is 0 Å². The number of hydrogen-bond donors (Lipinski definition) is 2. The number of hydrogen-bond acceptors (Lipinski definition) is 5. The number of rotatable bonds is 6. The first-order valence-electron chi connectivity index (χ1n) is 10.9. The lowest BCUT2D eigenvalue weighted by Gasteiger charge is -2.29. The van der Waals surface area contributed by atoms with E-state index in [1.54, 1.807) is 12.3 Å². The number of halogens is 2. The lowest BCUT2D eigenvalue weighted by Crippen LogP contribution is -2.53. The Balaban J connectivity index is 1.60. The average molecular weight is 540 g/mol. The summed E-state index contributed by atoms with van der Waals surface area (Å²) in [4.78, 5) is 46.6. The van der Waals surface area contributed by atoms with E-state index in [0.717, 1.165) is 11.1 Å². The van der Waals surface area contributed by atoms with E-state index in [0.29, 0.717) is 11.0 Å². The van der Waals surface area contributed by atoms with Crippen LogP contribution in [0, 0.1) is 5.82 Å². The summed E-state index contributed by atoms with van der Waals surface area (Å²) >= 11 is 3.30. The standard InChI is InChI=1S/C25H23BrFN5O3/c26-20-11-19(14-29-15-20)25(35)32-9-8-31(24(34)18-4-6-21(27)7-5-18)23(32)22(33)30-13-17-3-1-2-16(10-17)12-28/h1-7,10-11,14-15,23H,8-9,12-13,28H2,(H,30,33). The molecule has 2 heterocycles. The van der Waals surface area contributed by atoms with Gasteiger partial charge in [-0.1, -0.05) is 24.3 Å². The van der Waals surface area contributed by atoms with Crippen LogP contribution in [-0.2, 0) is 17.9 Å². The molecule has 3 aromatic rings. The van der Waals surface area contributed by atoms with Crippen LogP contribution in [0.4, 0.5) is 4.39 Å². The number of carbonyl (C=O) groups is 3. The van der Waals surface area contributed by atoms with Gasteiger partial charge in [-0.05, 0) is 57.4 Å². The number of aromatic nitrogens is 1. The van der Waals surface area contributed by atoms with Crippen molar-refractivity contribution in [2.45, 2.75) is 19.3 Å². The van der Waals surface area contributed by atoms with Crippen LogP contribution in [0.5, 0.6) is 0 Å². The molecule has 10 heteroatoms. The highest BCUT2D eigenvalue weighted by Gasteiger charge is 2.43. The fraction of sp³-hybridized carbons (Fsp3) is 0.200. The third-order valence-corrected chi connectivity index (χ3v) is 6.10. The second-order valence-electron chi connectivity index (χ2n) is 8.01. The van der Waals surface area contributed by atoms with Crippen LogP contribution in [0.15, 0.2) is 71.5 Å². The maximum absolute atomic E-state index is 13.4. The zero-order chi connectivity index (χ0) is 24.9. The second-order valence-corrected chi connectivity index (χ2v) is 8.93. The molecule has 0 radical (unpaired) electrons. The summed E-state index contributed by atoms with van der Waals surface area (Å²) in [7, 11) is 0. The fourth-order valence-corrected chi connectivity index (χ4v) is 4.30. The van der Waals surface area contributed by atoms with E-state index in [2.05, 4.69) is 26.2 Å². The molecule has 3 amide bonds. The zero-order valence-corrected chi connectivity index (χ0v) is 20.2. The lowest BCUT2D eigenvalue weighted by atomic mass is 10.1. The fourth-order valence-electron chi connectivity index (χ4n) is 3.94. The minimum atomic E-state index is -1.18. The Bertz CT molecular complexity index is 1250. The molecule has 3 N–H and O–H groups in total. The van der Waals surface area contributed by atoms with Gasteiger partial charge in [0.2, 0.25) is 0 Å². The van der Waals surface area contributed by atoms with Crippen molar-refractivity contribution >= 4 is 33.7 Å². The van der Waals surface area contributed by atoms with Crippen LogP contribution in [0.25, 0.3) is 0 Å². The van der Waals surface area contributed by atoms with Gasteiger partial charge in [0, 0.05) is 48.6 Å². The largest absolute Gasteiger partial charge is 0.349 e. The molecule has 35 heavy (non-hydrogen) atoms. The zero-order valence-electron chi connectivity index (χ0n) is 18.7. The summed E-state index contributed by atoms with van der Waals surface area (Å²) in [6.45, 7) is 0.860. The van der Waals surface area contributed by atoms with Gasteiger partial charge in [0.15, 0.2) is 6.17 Å². The highest BCUT2D eigenvalue weighted by molar-refractivity contribution is 9.10. The van der Waals surface area contributed by atoms with Gasteiger partial charge in [0.1, 0.15) is 5.82 Å². The smallest absolute Gasteiger partial charge is 0.264 e. The van der Waals surface area contributed by atoms with Crippen molar-refractivity contribution in [2.24, 2.45) is 5.73 Å². The molecule has 1 unspecified atom stereocenters. The van der Waals surface area contributed by atoms with Crippen molar-refractivity contribution in [3.63, 3.8) is 0 Å². The van der Waals surface area contributed by atoms with Crippen molar-refractivity contribution in [1.29, 1.82) is 0 Å². The van der Waals surface area contributed by atoms with Crippen LogP contribution in [-0.4, -0.2) is 51.8 Å². The first kappa shape index (κ1) is 24.5. The highest BCUT2D eigenvalue weighted by atomic mass is 79.9. The Morgan fingerprint density at radius 1 is 0.971 bits per heavy atom. The number of nitrogens with two attached hydrogens (primary N) is 1. The SMILES string of the molecule is NCc1cccc(CNC(=O)C2N(C(=O)c3ccc(F)cc3)CCN2C(=O)c2cncc(Br)c2)c1. The molecular weight excluding hydrogens is 517 g/mol. The van der Waals surface area contributed by atoms with Crippen LogP contribution in [0.3, 0.4) is 0 Å². The van der Waals surface area contributed by atoms with E-state index in [-0.39, 0.29) is 30.8 Å². The lowest BCUT2D eigenvalue weighted by molar-refractivity contribution is -0.128. The van der Waals surface area contributed by atoms with E-state index >= 15 is 0 Å². The Kier molecular flexibility index (Phi) is 7.52. The summed E-state index contributed by atoms with van der Waals surface area (Å²) in [5.74, 6) is -1.89. The van der Waals surface area contributed by atoms with Crippen molar-refractivity contribution in [2.75, 3.05) is 13.1 Å². The molecule has 0 bridgehead atoms. The van der Waals surface area contributed by atoms with Gasteiger partial charge in [0.05, 0.1) is 5.56 Å². The number of pyridine rings is 1. The Morgan fingerprint density at radius 2 is 1.63 bits per heavy atom. The Morgan fingerprint density at radius 3 is 2.29 bits per heavy atom. The molecule has 1 aliphatic rings. The van der Waals surface area contributed by atoms with Gasteiger partial charge < -0.3 is 20.9 Å². The Hall–Kier alpha value is -3.63. The number of carbonyl (C=O) groups excluding carboxylic acids is 3. The molecular formula is C25H23BrFN5O3. The van der Waals surface area contributed by atoms with Crippen LogP contribution >= 0.6 is 15.9 Å². The third-order valence-electron chi connectivity index (χ3n) is 5.67. The summed E-state index contributed by atoms with van der Waals surface area (Å²) in [5, 5.41) is 2.83. The van der Waals surface area contributed by atoms with Gasteiger partial charge in [-0.3, -0.25) is 19.4 Å². The van der Waals surface area contributed by atoms with Gasteiger partial charge in [0.25, 0.3) is 17.7 Å². The number of nitrogens with one attached hydrogen (secondary N) is 1. The molecule has 0 aliphatic carbocycles. The van der Waals surface area contributed by atoms with Crippen LogP contribution in [0.1, 0.15) is 31.8 Å². The molecule has 1 saturated heterocycles. The predicted octanol–water partition coefficient (Wildman–Crippen LogP) is 2.68. The molecule has 2 aromatic carbocycles. The van der Waals surface area contributed by atoms with Gasteiger partial charge >= 0.3 is 0 Å². The molecule has 1 aromatic heterocycles. The van der Waals surface area contributed by atoms with Crippen molar-refractivity contribution < 1.29 is 18.8 Å². The Labute approximate surface area is 210 Å². The van der Waals surface area contributed by atoms with E-state index in [1.165, 1.54) is 40.3 Å². The third kappa shape index (κ3) is 5.55. The minimum Gasteiger partial charge on any atom is -0.349 e. The average Bonchev–Trinajstić information content (AvgIpc) is 3.32. The molecule has 1 aliphatic heterocycles. The van der Waals surface area contributed by atoms with Gasteiger partial charge in [-0.25, -0.2) is 4.39 Å². The van der Waals surface area contributed by atoms with E-state index in [9.17, 15) is 18.8 Å². The van der Waals surface area contributed by atoms with Crippen molar-refractivity contribution in [3.05, 3.63) is 99.5 Å². The monoisotopic (exact) mass is 539 g/mol. The summed E-state index contributed by atoms with van der Waals surface area (Å²) in [6.07, 6.45) is 1.77. The molecule has 180 valence electrons. The van der Waals surface area contributed by atoms with E-state index in [4.69, 9.17) is 5.73 Å². The molecule has 4 rings (SSSR count). The first-order valence-corrected chi connectivity index (χ1v) is 11.7. The van der Waals surface area contributed by atoms with Gasteiger partial charge in [-0.2, -0.15) is 0 Å². The number of benzene rings is 2.